The Labute approximate surface area is 149 Å². The minimum absolute atomic E-state index is 0.997. The van der Waals surface area contributed by atoms with Gasteiger partial charge in [0, 0.05) is 0 Å². The van der Waals surface area contributed by atoms with Crippen LogP contribution in [0.2, 0.25) is 0 Å². The first kappa shape index (κ1) is 24.9. The molecule has 0 aliphatic rings. The minimum Gasteiger partial charge on any atom is -0.281 e. The second kappa shape index (κ2) is 7.52. The van der Waals surface area contributed by atoms with E-state index in [4.69, 9.17) is 4.55 Å². The number of rotatable bonds is 10. The predicted molar refractivity (Wildman–Crippen MR) is 73.6 cm³/mol. The Morgan fingerprint density at radius 1 is 0.640 bits per heavy atom. The Morgan fingerprint density at radius 2 is 0.920 bits per heavy atom. The summed E-state index contributed by atoms with van der Waals surface area (Å²) < 4.78 is 158. The molecule has 152 valence electrons. The highest BCUT2D eigenvalue weighted by atomic mass is 127. The molecular formula is C10H11F10IO3S. The van der Waals surface area contributed by atoms with Crippen molar-refractivity contribution < 1.29 is 56.9 Å². The minimum atomic E-state index is -6.36. The zero-order valence-electron chi connectivity index (χ0n) is 11.9. The smallest absolute Gasteiger partial charge is 0.281 e. The van der Waals surface area contributed by atoms with Crippen molar-refractivity contribution >= 4 is 32.7 Å². The van der Waals surface area contributed by atoms with E-state index in [9.17, 15) is 52.3 Å². The molecule has 0 heterocycles. The molecule has 0 aromatic heterocycles. The van der Waals surface area contributed by atoms with Gasteiger partial charge in [0.1, 0.15) is 0 Å². The van der Waals surface area contributed by atoms with Crippen molar-refractivity contribution in [3.05, 3.63) is 0 Å². The Bertz CT molecular complexity index is 563. The van der Waals surface area contributed by atoms with Crippen LogP contribution in [0.25, 0.3) is 0 Å². The third-order valence-electron chi connectivity index (χ3n) is 2.59. The first-order chi connectivity index (χ1) is 10.6. The number of halogens is 11. The summed E-state index contributed by atoms with van der Waals surface area (Å²) in [6.07, 6.45) is -11.2. The molecule has 0 amide bonds. The van der Waals surface area contributed by atoms with Crippen molar-refractivity contribution in [2.75, 3.05) is 4.43 Å². The summed E-state index contributed by atoms with van der Waals surface area (Å²) in [4.78, 5) is 0. The van der Waals surface area contributed by atoms with Gasteiger partial charge in [0.15, 0.2) is 0 Å². The van der Waals surface area contributed by atoms with Crippen LogP contribution in [0.1, 0.15) is 25.7 Å². The summed E-state index contributed by atoms with van der Waals surface area (Å²) in [6, 6.07) is 0. The summed E-state index contributed by atoms with van der Waals surface area (Å²) in [6.45, 7) is 0. The van der Waals surface area contributed by atoms with E-state index in [1.807, 2.05) is 0 Å². The van der Waals surface area contributed by atoms with E-state index in [1.54, 1.807) is 0 Å². The molecule has 0 saturated heterocycles. The molecule has 0 unspecified atom stereocenters. The normalized spacial score (nSPS) is 15.5. The van der Waals surface area contributed by atoms with Crippen molar-refractivity contribution in [2.45, 2.75) is 54.6 Å². The van der Waals surface area contributed by atoms with Gasteiger partial charge in [-0.3, -0.25) is 4.55 Å². The average molecular weight is 528 g/mol. The molecule has 15 heteroatoms. The lowest BCUT2D eigenvalue weighted by atomic mass is 9.98. The lowest BCUT2D eigenvalue weighted by Crippen LogP contribution is -2.42. The van der Waals surface area contributed by atoms with Gasteiger partial charge in [-0.25, -0.2) is 35.1 Å². The van der Waals surface area contributed by atoms with E-state index in [1.165, 1.54) is 0 Å². The van der Waals surface area contributed by atoms with Gasteiger partial charge in [0.05, 0.1) is 30.1 Å². The molecule has 0 aromatic rings. The zero-order chi connectivity index (χ0) is 20.5. The molecule has 0 aromatic carbocycles. The van der Waals surface area contributed by atoms with Crippen LogP contribution in [0, 0.1) is 0 Å². The van der Waals surface area contributed by atoms with E-state index < -0.39 is 69.2 Å². The first-order valence-corrected chi connectivity index (χ1v) is 9.02. The Morgan fingerprint density at radius 3 is 1.20 bits per heavy atom. The van der Waals surface area contributed by atoms with Gasteiger partial charge in [-0.2, -0.15) is 17.2 Å². The fourth-order valence-electron chi connectivity index (χ4n) is 1.76. The van der Waals surface area contributed by atoms with Crippen LogP contribution in [-0.4, -0.2) is 46.3 Å². The molecule has 0 atom stereocenters. The highest BCUT2D eigenvalue weighted by Crippen LogP contribution is 2.45. The predicted octanol–water partition coefficient (Wildman–Crippen LogP) is 5.00. The standard InChI is InChI=1S/C10H11F10IO3S/c11-6(12,1-7(13,14)3-9(17,18)5-21)2-8(15,16)4-10(19,20)25(22,23)24/h1-5H2,(H,22,23,24). The van der Waals surface area contributed by atoms with Crippen LogP contribution in [0.15, 0.2) is 0 Å². The van der Waals surface area contributed by atoms with Crippen LogP contribution in [0.4, 0.5) is 43.9 Å². The molecule has 0 saturated carbocycles. The maximum atomic E-state index is 13.3. The largest absolute Gasteiger partial charge is 0.375 e. The monoisotopic (exact) mass is 528 g/mol. The van der Waals surface area contributed by atoms with Crippen LogP contribution in [0.3, 0.4) is 0 Å². The Balaban J connectivity index is 5.17. The SMILES string of the molecule is O=S(=O)(O)C(F)(F)CC(F)(F)CC(F)(F)CC(F)(F)CC(F)(F)CI. The number of hydrogen-bond acceptors (Lipinski definition) is 2. The molecule has 0 radical (unpaired) electrons. The summed E-state index contributed by atoms with van der Waals surface area (Å²) in [5, 5.41) is -5.51. The van der Waals surface area contributed by atoms with Gasteiger partial charge in [-0.1, -0.05) is 22.6 Å². The fraction of sp³-hybridized carbons (Fsp3) is 1.00. The average Bonchev–Trinajstić information content (AvgIpc) is 2.19. The second-order valence-electron chi connectivity index (χ2n) is 5.38. The maximum Gasteiger partial charge on any atom is 0.375 e. The van der Waals surface area contributed by atoms with Gasteiger partial charge in [0.25, 0.3) is 23.7 Å². The van der Waals surface area contributed by atoms with Gasteiger partial charge >= 0.3 is 15.4 Å². The molecule has 0 aliphatic heterocycles. The molecule has 0 spiro atoms. The van der Waals surface area contributed by atoms with Crippen molar-refractivity contribution in [3.8, 4) is 0 Å². The lowest BCUT2D eigenvalue weighted by molar-refractivity contribution is -0.183. The molecule has 0 rings (SSSR count). The van der Waals surface area contributed by atoms with E-state index in [-0.39, 0.29) is 0 Å². The molecule has 25 heavy (non-hydrogen) atoms. The molecule has 0 aliphatic carbocycles. The number of alkyl halides is 11. The summed E-state index contributed by atoms with van der Waals surface area (Å²) in [7, 11) is -6.36. The van der Waals surface area contributed by atoms with Crippen LogP contribution in [0.5, 0.6) is 0 Å². The van der Waals surface area contributed by atoms with Crippen LogP contribution < -0.4 is 0 Å². The summed E-state index contributed by atoms with van der Waals surface area (Å²) >= 11 is 0.997. The molecular weight excluding hydrogens is 517 g/mol. The topological polar surface area (TPSA) is 54.4 Å². The van der Waals surface area contributed by atoms with Crippen molar-refractivity contribution in [1.82, 2.24) is 0 Å². The van der Waals surface area contributed by atoms with E-state index in [2.05, 4.69) is 0 Å². The van der Waals surface area contributed by atoms with Crippen molar-refractivity contribution in [2.24, 2.45) is 0 Å². The fourth-order valence-corrected chi connectivity index (χ4v) is 2.43. The highest BCUT2D eigenvalue weighted by molar-refractivity contribution is 14.1. The first-order valence-electron chi connectivity index (χ1n) is 6.06. The van der Waals surface area contributed by atoms with Gasteiger partial charge < -0.3 is 0 Å². The van der Waals surface area contributed by atoms with Gasteiger partial charge in [0.2, 0.25) is 0 Å². The number of hydrogen-bond donors (Lipinski definition) is 1. The third kappa shape index (κ3) is 8.92. The molecule has 1 N–H and O–H groups in total. The molecule has 0 fully saturated rings. The third-order valence-corrected chi connectivity index (χ3v) is 4.60. The van der Waals surface area contributed by atoms with Crippen molar-refractivity contribution in [3.63, 3.8) is 0 Å². The molecule has 0 bridgehead atoms. The van der Waals surface area contributed by atoms with E-state index >= 15 is 0 Å². The maximum absolute atomic E-state index is 13.3. The van der Waals surface area contributed by atoms with E-state index in [0.29, 0.717) is 0 Å². The zero-order valence-corrected chi connectivity index (χ0v) is 14.8. The Hall–Kier alpha value is -0.0600. The summed E-state index contributed by atoms with van der Waals surface area (Å²) in [5.41, 5.74) is 0. The van der Waals surface area contributed by atoms with E-state index in [0.717, 1.165) is 22.6 Å². The quantitative estimate of drug-likeness (QED) is 0.188. The lowest BCUT2D eigenvalue weighted by Gasteiger charge is -2.29. The highest BCUT2D eigenvalue weighted by Gasteiger charge is 2.57. The van der Waals surface area contributed by atoms with Gasteiger partial charge in [-0.05, 0) is 0 Å². The van der Waals surface area contributed by atoms with Crippen LogP contribution >= 0.6 is 22.6 Å². The Kier molecular flexibility index (Phi) is 7.50. The summed E-state index contributed by atoms with van der Waals surface area (Å²) in [5.74, 6) is -19.1. The second-order valence-corrected chi connectivity index (χ2v) is 7.69. The molecule has 3 nitrogen and oxygen atoms in total. The van der Waals surface area contributed by atoms with Crippen LogP contribution in [-0.2, 0) is 10.1 Å². The van der Waals surface area contributed by atoms with Crippen molar-refractivity contribution in [1.29, 1.82) is 0 Å². The van der Waals surface area contributed by atoms with Gasteiger partial charge in [-0.15, -0.1) is 0 Å².